The van der Waals surface area contributed by atoms with Gasteiger partial charge in [-0.3, -0.25) is 25.2 Å². The fraction of sp³-hybridized carbons (Fsp3) is 0.333. The van der Waals surface area contributed by atoms with Crippen LogP contribution in [0.1, 0.15) is 51.9 Å². The number of esters is 1. The minimum absolute atomic E-state index is 0.0923. The fourth-order valence-corrected chi connectivity index (χ4v) is 3.40. The van der Waals surface area contributed by atoms with Crippen LogP contribution < -0.4 is 15.6 Å². The molecule has 11 heteroatoms. The van der Waals surface area contributed by atoms with E-state index in [-0.39, 0.29) is 42.2 Å². The number of hydrogen-bond donors (Lipinski definition) is 3. The molecule has 1 aromatic carbocycles. The van der Waals surface area contributed by atoms with Crippen molar-refractivity contribution in [3.05, 3.63) is 50.8 Å². The van der Waals surface area contributed by atoms with Crippen LogP contribution in [0.15, 0.2) is 18.2 Å². The van der Waals surface area contributed by atoms with Crippen LogP contribution in [0, 0.1) is 6.92 Å². The molecule has 3 N–H and O–H groups in total. The molecule has 0 saturated heterocycles. The smallest absolute Gasteiger partial charge is 0.339 e. The molecule has 32 heavy (non-hydrogen) atoms. The molecule has 2 amide bonds. The first kappa shape index (κ1) is 25.2. The van der Waals surface area contributed by atoms with Crippen molar-refractivity contribution in [3.63, 3.8) is 0 Å². The SMILES string of the molecule is COC(=O)c1c(CC(=O)NNC(=O)CCCOc2ccc(Cl)cc2Cl)[nH]c(C(C)=O)c1C. The number of benzene rings is 1. The maximum Gasteiger partial charge on any atom is 0.339 e. The quantitative estimate of drug-likeness (QED) is 0.217. The third kappa shape index (κ3) is 6.73. The molecule has 1 aromatic heterocycles. The molecule has 0 unspecified atom stereocenters. The van der Waals surface area contributed by atoms with Gasteiger partial charge in [-0.25, -0.2) is 4.79 Å². The number of hydrazine groups is 1. The van der Waals surface area contributed by atoms with E-state index in [0.717, 1.165) is 0 Å². The number of carbonyl (C=O) groups excluding carboxylic acids is 4. The first-order chi connectivity index (χ1) is 15.1. The highest BCUT2D eigenvalue weighted by Gasteiger charge is 2.24. The number of hydrogen-bond acceptors (Lipinski definition) is 6. The molecule has 2 aromatic rings. The molecule has 0 aliphatic carbocycles. The molecule has 0 aliphatic heterocycles. The predicted molar refractivity (Wildman–Crippen MR) is 118 cm³/mol. The summed E-state index contributed by atoms with van der Waals surface area (Å²) in [6.07, 6.45) is 0.205. The third-order valence-corrected chi connectivity index (χ3v) is 4.98. The first-order valence-electron chi connectivity index (χ1n) is 9.60. The summed E-state index contributed by atoms with van der Waals surface area (Å²) < 4.78 is 10.2. The van der Waals surface area contributed by atoms with Crippen molar-refractivity contribution in [2.45, 2.75) is 33.1 Å². The number of amides is 2. The van der Waals surface area contributed by atoms with Crippen molar-refractivity contribution >= 4 is 46.8 Å². The Labute approximate surface area is 194 Å². The summed E-state index contributed by atoms with van der Waals surface area (Å²) >= 11 is 11.8. The van der Waals surface area contributed by atoms with Crippen LogP contribution in [0.5, 0.6) is 5.75 Å². The maximum atomic E-state index is 12.2. The summed E-state index contributed by atoms with van der Waals surface area (Å²) in [6, 6.07) is 4.83. The van der Waals surface area contributed by atoms with Crippen LogP contribution in [0.2, 0.25) is 10.0 Å². The normalized spacial score (nSPS) is 10.4. The Balaban J connectivity index is 1.82. The number of aromatic amines is 1. The average Bonchev–Trinajstić information content (AvgIpc) is 3.06. The lowest BCUT2D eigenvalue weighted by Gasteiger charge is -2.09. The Morgan fingerprint density at radius 3 is 2.41 bits per heavy atom. The zero-order valence-corrected chi connectivity index (χ0v) is 19.3. The largest absolute Gasteiger partial charge is 0.492 e. The van der Waals surface area contributed by atoms with E-state index in [9.17, 15) is 19.2 Å². The second kappa shape index (κ2) is 11.5. The van der Waals surface area contributed by atoms with Crippen molar-refractivity contribution < 1.29 is 28.7 Å². The van der Waals surface area contributed by atoms with Crippen molar-refractivity contribution in [1.82, 2.24) is 15.8 Å². The molecule has 0 saturated carbocycles. The van der Waals surface area contributed by atoms with Gasteiger partial charge in [-0.1, -0.05) is 23.2 Å². The van der Waals surface area contributed by atoms with Gasteiger partial charge < -0.3 is 14.5 Å². The summed E-state index contributed by atoms with van der Waals surface area (Å²) in [5, 5.41) is 0.858. The zero-order valence-electron chi connectivity index (χ0n) is 17.8. The molecule has 0 radical (unpaired) electrons. The van der Waals surface area contributed by atoms with Crippen LogP contribution in [0.25, 0.3) is 0 Å². The van der Waals surface area contributed by atoms with E-state index in [1.54, 1.807) is 25.1 Å². The lowest BCUT2D eigenvalue weighted by atomic mass is 10.1. The minimum atomic E-state index is -0.668. The highest BCUT2D eigenvalue weighted by molar-refractivity contribution is 6.35. The Kier molecular flexibility index (Phi) is 9.10. The molecule has 0 bridgehead atoms. The number of aromatic nitrogens is 1. The predicted octanol–water partition coefficient (Wildman–Crippen LogP) is 3.17. The van der Waals surface area contributed by atoms with Crippen LogP contribution in [0.3, 0.4) is 0 Å². The highest BCUT2D eigenvalue weighted by atomic mass is 35.5. The summed E-state index contributed by atoms with van der Waals surface area (Å²) in [6.45, 7) is 3.16. The monoisotopic (exact) mass is 483 g/mol. The van der Waals surface area contributed by atoms with Gasteiger partial charge >= 0.3 is 5.97 Å². The summed E-state index contributed by atoms with van der Waals surface area (Å²) in [5.41, 5.74) is 5.53. The van der Waals surface area contributed by atoms with Gasteiger partial charge in [-0.15, -0.1) is 0 Å². The average molecular weight is 484 g/mol. The molecule has 9 nitrogen and oxygen atoms in total. The summed E-state index contributed by atoms with van der Waals surface area (Å²) in [7, 11) is 1.21. The highest BCUT2D eigenvalue weighted by Crippen LogP contribution is 2.27. The number of Topliss-reactive ketones (excluding diaryl/α,β-unsaturated/α-hetero) is 1. The number of halogens is 2. The van der Waals surface area contributed by atoms with Crippen molar-refractivity contribution in [3.8, 4) is 5.75 Å². The topological polar surface area (TPSA) is 127 Å². The molecule has 0 fully saturated rings. The van der Waals surface area contributed by atoms with E-state index in [0.29, 0.717) is 27.8 Å². The number of ketones is 1. The third-order valence-electron chi connectivity index (χ3n) is 4.45. The summed E-state index contributed by atoms with van der Waals surface area (Å²) in [4.78, 5) is 50.7. The van der Waals surface area contributed by atoms with Crippen molar-refractivity contribution in [1.29, 1.82) is 0 Å². The Morgan fingerprint density at radius 2 is 1.78 bits per heavy atom. The van der Waals surface area contributed by atoms with Gasteiger partial charge in [0.2, 0.25) is 11.8 Å². The van der Waals surface area contributed by atoms with Gasteiger partial charge in [-0.05, 0) is 37.1 Å². The van der Waals surface area contributed by atoms with E-state index < -0.39 is 17.8 Å². The maximum absolute atomic E-state index is 12.2. The number of nitrogens with one attached hydrogen (secondary N) is 3. The number of rotatable bonds is 9. The Bertz CT molecular complexity index is 1030. The van der Waals surface area contributed by atoms with E-state index >= 15 is 0 Å². The molecule has 2 rings (SSSR count). The number of ether oxygens (including phenoxy) is 2. The molecular formula is C21H23Cl2N3O6. The van der Waals surface area contributed by atoms with E-state index in [1.165, 1.54) is 14.0 Å². The number of methoxy groups -OCH3 is 1. The van der Waals surface area contributed by atoms with E-state index in [4.69, 9.17) is 32.7 Å². The lowest BCUT2D eigenvalue weighted by Crippen LogP contribution is -2.42. The van der Waals surface area contributed by atoms with Gasteiger partial charge in [0.1, 0.15) is 5.75 Å². The minimum Gasteiger partial charge on any atom is -0.492 e. The van der Waals surface area contributed by atoms with E-state index in [2.05, 4.69) is 15.8 Å². The van der Waals surface area contributed by atoms with Gasteiger partial charge in [0, 0.05) is 24.1 Å². The first-order valence-corrected chi connectivity index (χ1v) is 10.4. The lowest BCUT2D eigenvalue weighted by molar-refractivity contribution is -0.128. The van der Waals surface area contributed by atoms with Gasteiger partial charge in [0.15, 0.2) is 5.78 Å². The van der Waals surface area contributed by atoms with Crippen LogP contribution in [0.4, 0.5) is 0 Å². The van der Waals surface area contributed by atoms with Gasteiger partial charge in [-0.2, -0.15) is 0 Å². The number of H-pyrrole nitrogens is 1. The molecule has 0 spiro atoms. The second-order valence-electron chi connectivity index (χ2n) is 6.83. The van der Waals surface area contributed by atoms with Crippen LogP contribution in [-0.2, 0) is 20.7 Å². The molecular weight excluding hydrogens is 461 g/mol. The van der Waals surface area contributed by atoms with Crippen molar-refractivity contribution in [2.75, 3.05) is 13.7 Å². The summed E-state index contributed by atoms with van der Waals surface area (Å²) in [5.74, 6) is -1.50. The molecule has 0 atom stereocenters. The zero-order chi connectivity index (χ0) is 23.8. The van der Waals surface area contributed by atoms with Crippen molar-refractivity contribution in [2.24, 2.45) is 0 Å². The Morgan fingerprint density at radius 1 is 1.09 bits per heavy atom. The van der Waals surface area contributed by atoms with Gasteiger partial charge in [0.25, 0.3) is 0 Å². The van der Waals surface area contributed by atoms with Crippen LogP contribution >= 0.6 is 23.2 Å². The molecule has 172 valence electrons. The van der Waals surface area contributed by atoms with Crippen LogP contribution in [-0.4, -0.2) is 42.3 Å². The standard InChI is InChI=1S/C21H23Cl2N3O6/c1-11-19(21(30)31-3)15(24-20(11)12(2)27)10-18(29)26-25-17(28)5-4-8-32-16-7-6-13(22)9-14(16)23/h6-7,9,24H,4-5,8,10H2,1-3H3,(H,25,28)(H,26,29). The van der Waals surface area contributed by atoms with Gasteiger partial charge in [0.05, 0.1) is 36.4 Å². The molecule has 1 heterocycles. The Hall–Kier alpha value is -3.04. The fourth-order valence-electron chi connectivity index (χ4n) is 2.94. The second-order valence-corrected chi connectivity index (χ2v) is 7.67. The molecule has 0 aliphatic rings. The number of carbonyl (C=O) groups is 4. The van der Waals surface area contributed by atoms with E-state index in [1.807, 2.05) is 0 Å².